The lowest BCUT2D eigenvalue weighted by atomic mass is 9.83. The number of carbonyl (C=O) groups is 1. The summed E-state index contributed by atoms with van der Waals surface area (Å²) in [6.45, 7) is 5.98. The van der Waals surface area contributed by atoms with Crippen LogP contribution in [-0.4, -0.2) is 17.2 Å². The van der Waals surface area contributed by atoms with E-state index in [0.717, 1.165) is 17.7 Å². The number of amides is 1. The molecule has 0 radical (unpaired) electrons. The topological polar surface area (TPSA) is 55.5 Å². The van der Waals surface area contributed by atoms with E-state index >= 15 is 0 Å². The van der Waals surface area contributed by atoms with E-state index < -0.39 is 0 Å². The fourth-order valence-electron chi connectivity index (χ4n) is 2.28. The van der Waals surface area contributed by atoms with Crippen molar-refractivity contribution in [1.29, 1.82) is 0 Å². The Bertz CT molecular complexity index is 489. The van der Waals surface area contributed by atoms with E-state index in [0.29, 0.717) is 0 Å². The van der Waals surface area contributed by atoms with Crippen LogP contribution in [0.1, 0.15) is 31.9 Å². The number of aliphatic imine (C=N–C) groups is 1. The molecule has 0 saturated carbocycles. The number of carbonyl (C=O) groups excluding carboxylic acids is 1. The highest BCUT2D eigenvalue weighted by Gasteiger charge is 2.30. The zero-order valence-electron chi connectivity index (χ0n) is 10.5. The van der Waals surface area contributed by atoms with Crippen LogP contribution in [0.3, 0.4) is 0 Å². The molecule has 0 bridgehead atoms. The molecular formula is C14H18N2O. The first-order valence-corrected chi connectivity index (χ1v) is 5.88. The highest BCUT2D eigenvalue weighted by molar-refractivity contribution is 6.13. The number of rotatable bonds is 2. The molecule has 1 aromatic carbocycles. The van der Waals surface area contributed by atoms with E-state index in [4.69, 9.17) is 10.7 Å². The van der Waals surface area contributed by atoms with Crippen LogP contribution in [0.4, 0.5) is 0 Å². The molecule has 2 N–H and O–H groups in total. The molecule has 1 aliphatic heterocycles. The molecule has 1 aromatic rings. The molecule has 0 spiro atoms. The Morgan fingerprint density at radius 2 is 2.06 bits per heavy atom. The predicted molar refractivity (Wildman–Crippen MR) is 69.1 cm³/mol. The first-order chi connectivity index (χ1) is 7.91. The second-order valence-corrected chi connectivity index (χ2v) is 5.27. The zero-order chi connectivity index (χ0) is 12.6. The number of benzene rings is 1. The van der Waals surface area contributed by atoms with Crippen molar-refractivity contribution in [3.63, 3.8) is 0 Å². The van der Waals surface area contributed by atoms with Gasteiger partial charge in [-0.15, -0.1) is 0 Å². The molecule has 0 aromatic heterocycles. The number of nitrogens with zero attached hydrogens (tertiary/aromatic N) is 1. The van der Waals surface area contributed by atoms with Crippen LogP contribution in [0.5, 0.6) is 0 Å². The van der Waals surface area contributed by atoms with Crippen molar-refractivity contribution >= 4 is 11.6 Å². The summed E-state index contributed by atoms with van der Waals surface area (Å²) in [5, 5.41) is 0. The van der Waals surface area contributed by atoms with Crippen molar-refractivity contribution in [2.75, 3.05) is 0 Å². The van der Waals surface area contributed by atoms with Gasteiger partial charge < -0.3 is 5.73 Å². The second-order valence-electron chi connectivity index (χ2n) is 5.27. The third kappa shape index (κ3) is 2.23. The normalized spacial score (nSPS) is 19.1. The van der Waals surface area contributed by atoms with Crippen molar-refractivity contribution in [1.82, 2.24) is 0 Å². The number of hydrogen-bond acceptors (Lipinski definition) is 2. The minimum Gasteiger partial charge on any atom is -0.369 e. The molecule has 17 heavy (non-hydrogen) atoms. The van der Waals surface area contributed by atoms with Gasteiger partial charge in [0.25, 0.3) is 0 Å². The van der Waals surface area contributed by atoms with Gasteiger partial charge >= 0.3 is 0 Å². The van der Waals surface area contributed by atoms with Crippen LogP contribution < -0.4 is 5.73 Å². The van der Waals surface area contributed by atoms with Gasteiger partial charge in [-0.1, -0.05) is 24.3 Å². The summed E-state index contributed by atoms with van der Waals surface area (Å²) in [7, 11) is 0. The van der Waals surface area contributed by atoms with Crippen molar-refractivity contribution in [2.24, 2.45) is 16.6 Å². The predicted octanol–water partition coefficient (Wildman–Crippen LogP) is 1.93. The van der Waals surface area contributed by atoms with Crippen molar-refractivity contribution in [2.45, 2.75) is 32.7 Å². The maximum atomic E-state index is 11.4. The van der Waals surface area contributed by atoms with Crippen molar-refractivity contribution in [3.8, 4) is 0 Å². The van der Waals surface area contributed by atoms with E-state index in [1.165, 1.54) is 5.56 Å². The van der Waals surface area contributed by atoms with Crippen LogP contribution >= 0.6 is 0 Å². The Morgan fingerprint density at radius 3 is 2.71 bits per heavy atom. The smallest absolute Gasteiger partial charge is 0.226 e. The lowest BCUT2D eigenvalue weighted by Crippen LogP contribution is -2.36. The Labute approximate surface area is 102 Å². The van der Waals surface area contributed by atoms with Crippen LogP contribution in [0.15, 0.2) is 29.3 Å². The average Bonchev–Trinajstić information content (AvgIpc) is 2.25. The first-order valence-electron chi connectivity index (χ1n) is 5.88. The summed E-state index contributed by atoms with van der Waals surface area (Å²) in [5.41, 5.74) is 8.37. The van der Waals surface area contributed by atoms with Gasteiger partial charge in [0.05, 0.1) is 17.2 Å². The van der Waals surface area contributed by atoms with Gasteiger partial charge in [-0.3, -0.25) is 9.79 Å². The molecule has 1 amide bonds. The summed E-state index contributed by atoms with van der Waals surface area (Å²) in [4.78, 5) is 16.1. The van der Waals surface area contributed by atoms with Crippen molar-refractivity contribution < 1.29 is 4.79 Å². The first kappa shape index (κ1) is 11.8. The average molecular weight is 230 g/mol. The number of hydrogen-bond donors (Lipinski definition) is 1. The molecule has 1 aliphatic rings. The monoisotopic (exact) mass is 230 g/mol. The Balaban J connectivity index is 2.54. The van der Waals surface area contributed by atoms with Gasteiger partial charge in [0, 0.05) is 0 Å². The minimum absolute atomic E-state index is 0.159. The Kier molecular flexibility index (Phi) is 2.77. The molecule has 0 fully saturated rings. The standard InChI is InChI=1S/C14H18N2O/c1-9(13(15)17)12-11-7-5-4-6-10(11)8-14(2,3)16-12/h4-7,9H,8H2,1-3H3,(H2,15,17)/t9-/m1/s1. The fourth-order valence-corrected chi connectivity index (χ4v) is 2.28. The van der Waals surface area contributed by atoms with E-state index in [1.807, 2.05) is 25.1 Å². The maximum Gasteiger partial charge on any atom is 0.226 e. The summed E-state index contributed by atoms with van der Waals surface area (Å²) < 4.78 is 0. The highest BCUT2D eigenvalue weighted by atomic mass is 16.1. The van der Waals surface area contributed by atoms with E-state index in [2.05, 4.69) is 19.9 Å². The van der Waals surface area contributed by atoms with E-state index in [1.54, 1.807) is 0 Å². The van der Waals surface area contributed by atoms with Gasteiger partial charge in [-0.05, 0) is 38.3 Å². The minimum atomic E-state index is -0.337. The molecule has 1 atom stereocenters. The van der Waals surface area contributed by atoms with Crippen LogP contribution in [-0.2, 0) is 11.2 Å². The lowest BCUT2D eigenvalue weighted by molar-refractivity contribution is -0.119. The fraction of sp³-hybridized carbons (Fsp3) is 0.429. The number of primary amides is 1. The summed E-state index contributed by atoms with van der Waals surface area (Å²) in [5.74, 6) is -0.660. The second kappa shape index (κ2) is 3.99. The molecule has 3 nitrogen and oxygen atoms in total. The highest BCUT2D eigenvalue weighted by Crippen LogP contribution is 2.29. The number of fused-ring (bicyclic) bond motifs is 1. The van der Waals surface area contributed by atoms with E-state index in [9.17, 15) is 4.79 Å². The van der Waals surface area contributed by atoms with Gasteiger partial charge in [0.15, 0.2) is 0 Å². The van der Waals surface area contributed by atoms with Crippen LogP contribution in [0.2, 0.25) is 0 Å². The summed E-state index contributed by atoms with van der Waals surface area (Å²) in [6, 6.07) is 8.11. The lowest BCUT2D eigenvalue weighted by Gasteiger charge is -2.30. The molecule has 90 valence electrons. The van der Waals surface area contributed by atoms with Crippen LogP contribution in [0.25, 0.3) is 0 Å². The molecule has 1 heterocycles. The molecule has 3 heteroatoms. The summed E-state index contributed by atoms with van der Waals surface area (Å²) in [6.07, 6.45) is 0.901. The third-order valence-corrected chi connectivity index (χ3v) is 3.18. The Morgan fingerprint density at radius 1 is 1.41 bits per heavy atom. The molecular weight excluding hydrogens is 212 g/mol. The molecule has 0 unspecified atom stereocenters. The SMILES string of the molecule is C[C@@H](C(N)=O)C1=NC(C)(C)Cc2ccccc21. The largest absolute Gasteiger partial charge is 0.369 e. The molecule has 0 saturated heterocycles. The molecule has 0 aliphatic carbocycles. The van der Waals surface area contributed by atoms with Gasteiger partial charge in [-0.25, -0.2) is 0 Å². The van der Waals surface area contributed by atoms with Gasteiger partial charge in [0.1, 0.15) is 0 Å². The van der Waals surface area contributed by atoms with Gasteiger partial charge in [0.2, 0.25) is 5.91 Å². The number of nitrogens with two attached hydrogens (primary N) is 1. The maximum absolute atomic E-state index is 11.4. The zero-order valence-corrected chi connectivity index (χ0v) is 10.5. The summed E-state index contributed by atoms with van der Waals surface area (Å²) >= 11 is 0. The van der Waals surface area contributed by atoms with E-state index in [-0.39, 0.29) is 17.4 Å². The van der Waals surface area contributed by atoms with Crippen LogP contribution in [0, 0.1) is 5.92 Å². The van der Waals surface area contributed by atoms with Crippen molar-refractivity contribution in [3.05, 3.63) is 35.4 Å². The van der Waals surface area contributed by atoms with Gasteiger partial charge in [-0.2, -0.15) is 0 Å². The molecule has 2 rings (SSSR count). The Hall–Kier alpha value is -1.64. The third-order valence-electron chi connectivity index (χ3n) is 3.18. The quantitative estimate of drug-likeness (QED) is 0.829.